The summed E-state index contributed by atoms with van der Waals surface area (Å²) in [5.41, 5.74) is 8.36. The van der Waals surface area contributed by atoms with Crippen molar-refractivity contribution in [3.8, 4) is 0 Å². The topological polar surface area (TPSA) is 66.6 Å². The van der Waals surface area contributed by atoms with Crippen LogP contribution in [-0.4, -0.2) is 41.7 Å². The van der Waals surface area contributed by atoms with E-state index in [1.807, 2.05) is 53.4 Å². The van der Waals surface area contributed by atoms with Gasteiger partial charge in [-0.05, 0) is 41.8 Å². The summed E-state index contributed by atoms with van der Waals surface area (Å²) >= 11 is 11.9. The predicted molar refractivity (Wildman–Crippen MR) is 109 cm³/mol. The number of amides is 1. The molecule has 1 fully saturated rings. The Hall–Kier alpha value is -1.59. The molecular weight excluding hydrogens is 383 g/mol. The van der Waals surface area contributed by atoms with Crippen molar-refractivity contribution < 1.29 is 9.90 Å². The molecule has 144 valence electrons. The molecule has 27 heavy (non-hydrogen) atoms. The van der Waals surface area contributed by atoms with Gasteiger partial charge in [-0.1, -0.05) is 47.5 Å². The minimum atomic E-state index is -0.249. The second-order valence-electron chi connectivity index (χ2n) is 7.19. The van der Waals surface area contributed by atoms with Crippen LogP contribution in [0.2, 0.25) is 10.0 Å². The summed E-state index contributed by atoms with van der Waals surface area (Å²) in [5, 5.41) is 11.1. The smallest absolute Gasteiger partial charge is 0.224 e. The van der Waals surface area contributed by atoms with Gasteiger partial charge in [0.25, 0.3) is 0 Å². The zero-order valence-electron chi connectivity index (χ0n) is 15.0. The van der Waals surface area contributed by atoms with Crippen LogP contribution >= 0.6 is 23.2 Å². The van der Waals surface area contributed by atoms with Gasteiger partial charge in [0.05, 0.1) is 0 Å². The number of carbonyl (C=O) groups is 1. The van der Waals surface area contributed by atoms with Gasteiger partial charge in [-0.3, -0.25) is 4.79 Å². The summed E-state index contributed by atoms with van der Waals surface area (Å²) in [6, 6.07) is 14.9. The van der Waals surface area contributed by atoms with E-state index in [0.717, 1.165) is 11.1 Å². The van der Waals surface area contributed by atoms with E-state index < -0.39 is 0 Å². The molecule has 0 aromatic heterocycles. The Kier molecular flexibility index (Phi) is 6.77. The molecule has 0 spiro atoms. The average Bonchev–Trinajstić information content (AvgIpc) is 3.09. The summed E-state index contributed by atoms with van der Waals surface area (Å²) in [6.07, 6.45) is 0.912. The van der Waals surface area contributed by atoms with Gasteiger partial charge in [0.1, 0.15) is 0 Å². The molecule has 3 atom stereocenters. The van der Waals surface area contributed by atoms with Crippen LogP contribution in [-0.2, 0) is 11.2 Å². The molecule has 4 nitrogen and oxygen atoms in total. The number of hydrogen-bond acceptors (Lipinski definition) is 3. The first-order valence-corrected chi connectivity index (χ1v) is 9.86. The third kappa shape index (κ3) is 5.23. The minimum absolute atomic E-state index is 0.0302. The number of rotatable bonds is 6. The first-order valence-electron chi connectivity index (χ1n) is 9.10. The van der Waals surface area contributed by atoms with Crippen LogP contribution < -0.4 is 5.73 Å². The maximum atomic E-state index is 12.7. The van der Waals surface area contributed by atoms with Crippen LogP contribution in [0.5, 0.6) is 0 Å². The highest BCUT2D eigenvalue weighted by molar-refractivity contribution is 6.30. The van der Waals surface area contributed by atoms with E-state index in [2.05, 4.69) is 0 Å². The summed E-state index contributed by atoms with van der Waals surface area (Å²) in [4.78, 5) is 14.5. The number of halogens is 2. The number of aliphatic hydroxyl groups is 1. The van der Waals surface area contributed by atoms with Gasteiger partial charge < -0.3 is 15.7 Å². The Morgan fingerprint density at radius 2 is 1.67 bits per heavy atom. The van der Waals surface area contributed by atoms with Gasteiger partial charge in [0, 0.05) is 54.0 Å². The summed E-state index contributed by atoms with van der Waals surface area (Å²) in [5.74, 6) is 0.178. The monoisotopic (exact) mass is 406 g/mol. The van der Waals surface area contributed by atoms with Gasteiger partial charge >= 0.3 is 0 Å². The molecule has 3 rings (SSSR count). The van der Waals surface area contributed by atoms with Crippen molar-refractivity contribution in [3.63, 3.8) is 0 Å². The van der Waals surface area contributed by atoms with E-state index in [-0.39, 0.29) is 36.8 Å². The third-order valence-corrected chi connectivity index (χ3v) is 5.68. The van der Waals surface area contributed by atoms with Gasteiger partial charge in [-0.25, -0.2) is 0 Å². The minimum Gasteiger partial charge on any atom is -0.396 e. The average molecular weight is 407 g/mol. The zero-order chi connectivity index (χ0) is 19.4. The molecule has 3 N–H and O–H groups in total. The van der Waals surface area contributed by atoms with Crippen molar-refractivity contribution in [1.29, 1.82) is 0 Å². The lowest BCUT2D eigenvalue weighted by atomic mass is 9.90. The molecule has 1 saturated heterocycles. The van der Waals surface area contributed by atoms with Gasteiger partial charge in [-0.2, -0.15) is 0 Å². The number of aliphatic hydroxyl groups excluding tert-OH is 1. The number of nitrogens with two attached hydrogens (primary N) is 1. The van der Waals surface area contributed by atoms with Gasteiger partial charge in [-0.15, -0.1) is 0 Å². The molecule has 6 heteroatoms. The van der Waals surface area contributed by atoms with E-state index in [9.17, 15) is 9.90 Å². The summed E-state index contributed by atoms with van der Waals surface area (Å²) < 4.78 is 0. The Morgan fingerprint density at radius 3 is 2.26 bits per heavy atom. The fraction of sp³-hybridized carbons (Fsp3) is 0.381. The lowest BCUT2D eigenvalue weighted by Gasteiger charge is -2.19. The van der Waals surface area contributed by atoms with Crippen LogP contribution in [0.15, 0.2) is 48.5 Å². The zero-order valence-corrected chi connectivity index (χ0v) is 16.5. The van der Waals surface area contributed by atoms with Crippen molar-refractivity contribution in [2.45, 2.75) is 24.8 Å². The highest BCUT2D eigenvalue weighted by Gasteiger charge is 2.35. The summed E-state index contributed by atoms with van der Waals surface area (Å²) in [6.45, 7) is 1.20. The Morgan fingerprint density at radius 1 is 1.07 bits per heavy atom. The van der Waals surface area contributed by atoms with E-state index in [1.54, 1.807) is 0 Å². The maximum absolute atomic E-state index is 12.7. The first kappa shape index (κ1) is 20.2. The lowest BCUT2D eigenvalue weighted by molar-refractivity contribution is -0.130. The van der Waals surface area contributed by atoms with E-state index in [1.165, 1.54) is 0 Å². The van der Waals surface area contributed by atoms with Crippen LogP contribution in [0.4, 0.5) is 0 Å². The highest BCUT2D eigenvalue weighted by atomic mass is 35.5. The molecule has 0 aliphatic carbocycles. The molecule has 0 saturated carbocycles. The van der Waals surface area contributed by atoms with Crippen LogP contribution in [0, 0.1) is 5.92 Å². The molecule has 1 aliphatic rings. The molecule has 2 aromatic carbocycles. The quantitative estimate of drug-likeness (QED) is 0.771. The Labute approximate surface area is 169 Å². The van der Waals surface area contributed by atoms with Crippen molar-refractivity contribution in [1.82, 2.24) is 4.90 Å². The number of benzene rings is 2. The second kappa shape index (κ2) is 9.07. The Balaban J connectivity index is 1.59. The van der Waals surface area contributed by atoms with Crippen molar-refractivity contribution in [2.24, 2.45) is 11.7 Å². The predicted octanol–water partition coefficient (Wildman–Crippen LogP) is 3.49. The second-order valence-corrected chi connectivity index (χ2v) is 8.07. The van der Waals surface area contributed by atoms with Crippen molar-refractivity contribution in [3.05, 3.63) is 69.7 Å². The van der Waals surface area contributed by atoms with E-state index in [0.29, 0.717) is 29.6 Å². The number of carbonyl (C=O) groups excluding carboxylic acids is 1. The molecule has 1 amide bonds. The Bertz CT molecular complexity index is 765. The van der Waals surface area contributed by atoms with Crippen molar-refractivity contribution >= 4 is 29.1 Å². The van der Waals surface area contributed by atoms with E-state index >= 15 is 0 Å². The standard InChI is InChI=1S/C21H24Cl2N2O2/c22-17-5-1-14(2-6-17)9-19(24)10-21(27)25-11-16(13-26)20(12-25)15-3-7-18(23)8-4-15/h1-8,16,19-20,26H,9-13,24H2/t16-,19-,20-/m1/s1. The normalized spacial score (nSPS) is 20.7. The van der Waals surface area contributed by atoms with Crippen molar-refractivity contribution in [2.75, 3.05) is 19.7 Å². The number of nitrogens with zero attached hydrogens (tertiary/aromatic N) is 1. The largest absolute Gasteiger partial charge is 0.396 e. The summed E-state index contributed by atoms with van der Waals surface area (Å²) in [7, 11) is 0. The molecule has 2 aromatic rings. The van der Waals surface area contributed by atoms with Crippen LogP contribution in [0.1, 0.15) is 23.5 Å². The molecule has 0 bridgehead atoms. The fourth-order valence-corrected chi connectivity index (χ4v) is 3.95. The lowest BCUT2D eigenvalue weighted by Crippen LogP contribution is -2.35. The fourth-order valence-electron chi connectivity index (χ4n) is 3.70. The highest BCUT2D eigenvalue weighted by Crippen LogP contribution is 2.33. The molecular formula is C21H24Cl2N2O2. The number of hydrogen-bond donors (Lipinski definition) is 2. The van der Waals surface area contributed by atoms with Crippen LogP contribution in [0.25, 0.3) is 0 Å². The first-order chi connectivity index (χ1) is 13.0. The number of likely N-dealkylation sites (tertiary alicyclic amines) is 1. The maximum Gasteiger partial charge on any atom is 0.224 e. The SMILES string of the molecule is N[C@@H](CC(=O)N1C[C@H](CO)[C@@H](c2ccc(Cl)cc2)C1)Cc1ccc(Cl)cc1. The molecule has 1 aliphatic heterocycles. The van der Waals surface area contributed by atoms with Gasteiger partial charge in [0.15, 0.2) is 0 Å². The molecule has 1 heterocycles. The van der Waals surface area contributed by atoms with Crippen LogP contribution in [0.3, 0.4) is 0 Å². The molecule has 0 radical (unpaired) electrons. The molecule has 0 unspecified atom stereocenters. The third-order valence-electron chi connectivity index (χ3n) is 5.17. The van der Waals surface area contributed by atoms with Gasteiger partial charge in [0.2, 0.25) is 5.91 Å². The van der Waals surface area contributed by atoms with E-state index in [4.69, 9.17) is 28.9 Å².